The standard InChI is InChI=1S/C17H15Cl2FN2O3S/c18-14-3-1-2-4-16(14)26(24,25)22-9-7-21(8-10-22)17(23)13-6-5-12(20)11-15(13)19/h1-6,11H,7-10H2. The maximum absolute atomic E-state index is 13.1. The van der Waals surface area contributed by atoms with Gasteiger partial charge in [-0.15, -0.1) is 0 Å². The third kappa shape index (κ3) is 3.71. The molecule has 0 atom stereocenters. The molecule has 1 aliphatic heterocycles. The third-order valence-corrected chi connectivity index (χ3v) is 6.85. The Bertz CT molecular complexity index is 945. The first-order valence-electron chi connectivity index (χ1n) is 7.80. The van der Waals surface area contributed by atoms with Crippen molar-refractivity contribution in [3.05, 3.63) is 63.9 Å². The fourth-order valence-electron chi connectivity index (χ4n) is 2.76. The van der Waals surface area contributed by atoms with Crippen molar-refractivity contribution in [2.45, 2.75) is 4.90 Å². The quantitative estimate of drug-likeness (QED) is 0.771. The number of halogens is 3. The molecule has 0 aliphatic carbocycles. The van der Waals surface area contributed by atoms with E-state index in [-0.39, 0.29) is 52.6 Å². The van der Waals surface area contributed by atoms with E-state index in [4.69, 9.17) is 23.2 Å². The number of rotatable bonds is 3. The predicted octanol–water partition coefficient (Wildman–Crippen LogP) is 3.28. The van der Waals surface area contributed by atoms with Gasteiger partial charge in [-0.2, -0.15) is 4.31 Å². The van der Waals surface area contributed by atoms with E-state index in [9.17, 15) is 17.6 Å². The van der Waals surface area contributed by atoms with E-state index in [1.54, 1.807) is 12.1 Å². The molecule has 1 aliphatic rings. The maximum Gasteiger partial charge on any atom is 0.255 e. The van der Waals surface area contributed by atoms with E-state index in [1.807, 2.05) is 0 Å². The SMILES string of the molecule is O=C(c1ccc(F)cc1Cl)N1CCN(S(=O)(=O)c2ccccc2Cl)CC1. The lowest BCUT2D eigenvalue weighted by molar-refractivity contribution is 0.0698. The molecule has 1 saturated heterocycles. The molecule has 1 heterocycles. The molecule has 1 amide bonds. The van der Waals surface area contributed by atoms with Crippen molar-refractivity contribution in [2.75, 3.05) is 26.2 Å². The Labute approximate surface area is 161 Å². The number of hydrogen-bond acceptors (Lipinski definition) is 3. The van der Waals surface area contributed by atoms with Crippen molar-refractivity contribution in [3.8, 4) is 0 Å². The highest BCUT2D eigenvalue weighted by Gasteiger charge is 2.32. The van der Waals surface area contributed by atoms with Gasteiger partial charge in [0.25, 0.3) is 5.91 Å². The van der Waals surface area contributed by atoms with Crippen molar-refractivity contribution in [1.82, 2.24) is 9.21 Å². The van der Waals surface area contributed by atoms with Gasteiger partial charge in [0.2, 0.25) is 10.0 Å². The summed E-state index contributed by atoms with van der Waals surface area (Å²) in [5.41, 5.74) is 0.190. The van der Waals surface area contributed by atoms with E-state index >= 15 is 0 Å². The van der Waals surface area contributed by atoms with Gasteiger partial charge in [0.1, 0.15) is 10.7 Å². The largest absolute Gasteiger partial charge is 0.336 e. The molecule has 2 aromatic carbocycles. The summed E-state index contributed by atoms with van der Waals surface area (Å²) in [7, 11) is -3.73. The summed E-state index contributed by atoms with van der Waals surface area (Å²) in [6.07, 6.45) is 0. The van der Waals surface area contributed by atoms with Crippen LogP contribution in [0.1, 0.15) is 10.4 Å². The van der Waals surface area contributed by atoms with Gasteiger partial charge in [0.05, 0.1) is 15.6 Å². The van der Waals surface area contributed by atoms with Crippen molar-refractivity contribution in [3.63, 3.8) is 0 Å². The highest BCUT2D eigenvalue weighted by atomic mass is 35.5. The van der Waals surface area contributed by atoms with E-state index < -0.39 is 15.8 Å². The third-order valence-electron chi connectivity index (χ3n) is 4.14. The van der Waals surface area contributed by atoms with Crippen LogP contribution in [0.2, 0.25) is 10.0 Å². The topological polar surface area (TPSA) is 57.7 Å². The Balaban J connectivity index is 1.73. The Hall–Kier alpha value is -1.67. The van der Waals surface area contributed by atoms with Gasteiger partial charge in [0.15, 0.2) is 0 Å². The normalized spacial score (nSPS) is 15.9. The molecular formula is C17H15Cl2FN2O3S. The first kappa shape index (κ1) is 19.1. The van der Waals surface area contributed by atoms with Crippen molar-refractivity contribution >= 4 is 39.1 Å². The lowest BCUT2D eigenvalue weighted by Crippen LogP contribution is -2.50. The summed E-state index contributed by atoms with van der Waals surface area (Å²) < 4.78 is 39.9. The van der Waals surface area contributed by atoms with Crippen molar-refractivity contribution in [1.29, 1.82) is 0 Å². The lowest BCUT2D eigenvalue weighted by Gasteiger charge is -2.34. The zero-order valence-electron chi connectivity index (χ0n) is 13.5. The molecule has 0 aromatic heterocycles. The Kier molecular flexibility index (Phi) is 5.53. The molecule has 9 heteroatoms. The number of hydrogen-bond donors (Lipinski definition) is 0. The van der Waals surface area contributed by atoms with Crippen LogP contribution >= 0.6 is 23.2 Å². The molecule has 0 bridgehead atoms. The molecule has 3 rings (SSSR count). The van der Waals surface area contributed by atoms with Crippen LogP contribution in [0.3, 0.4) is 0 Å². The maximum atomic E-state index is 13.1. The number of amides is 1. The molecule has 5 nitrogen and oxygen atoms in total. The predicted molar refractivity (Wildman–Crippen MR) is 97.5 cm³/mol. The zero-order valence-corrected chi connectivity index (χ0v) is 15.9. The smallest absolute Gasteiger partial charge is 0.255 e. The van der Waals surface area contributed by atoms with E-state index in [1.165, 1.54) is 27.4 Å². The van der Waals surface area contributed by atoms with Gasteiger partial charge < -0.3 is 4.90 Å². The highest BCUT2D eigenvalue weighted by Crippen LogP contribution is 2.26. The number of benzene rings is 2. The molecule has 1 fully saturated rings. The van der Waals surface area contributed by atoms with E-state index in [0.717, 1.165) is 12.1 Å². The van der Waals surface area contributed by atoms with Gasteiger partial charge in [-0.3, -0.25) is 4.79 Å². The first-order valence-corrected chi connectivity index (χ1v) is 9.99. The molecule has 0 N–H and O–H groups in total. The number of carbonyl (C=O) groups is 1. The Morgan fingerprint density at radius 2 is 1.62 bits per heavy atom. The van der Waals surface area contributed by atoms with Crippen LogP contribution in [0.15, 0.2) is 47.4 Å². The molecule has 0 unspecified atom stereocenters. The molecule has 0 saturated carbocycles. The second-order valence-corrected chi connectivity index (χ2v) is 8.47. The average Bonchev–Trinajstić information content (AvgIpc) is 2.61. The van der Waals surface area contributed by atoms with Gasteiger partial charge in [-0.1, -0.05) is 35.3 Å². The van der Waals surface area contributed by atoms with Crippen LogP contribution < -0.4 is 0 Å². The second kappa shape index (κ2) is 7.52. The summed E-state index contributed by atoms with van der Waals surface area (Å²) in [6.45, 7) is 0.683. The summed E-state index contributed by atoms with van der Waals surface area (Å²) in [5.74, 6) is -0.882. The van der Waals surface area contributed by atoms with E-state index in [0.29, 0.717) is 0 Å². The Morgan fingerprint density at radius 3 is 2.23 bits per heavy atom. The average molecular weight is 417 g/mol. The minimum absolute atomic E-state index is 0.0288. The summed E-state index contributed by atoms with van der Waals surface area (Å²) in [6, 6.07) is 9.80. The van der Waals surface area contributed by atoms with Crippen LogP contribution in [0.25, 0.3) is 0 Å². The summed E-state index contributed by atoms with van der Waals surface area (Å²) >= 11 is 11.9. The minimum atomic E-state index is -3.73. The second-order valence-electron chi connectivity index (χ2n) is 5.75. The van der Waals surface area contributed by atoms with Crippen LogP contribution in [-0.4, -0.2) is 49.7 Å². The molecule has 26 heavy (non-hydrogen) atoms. The number of piperazine rings is 1. The first-order chi connectivity index (χ1) is 12.3. The molecule has 138 valence electrons. The van der Waals surface area contributed by atoms with Crippen LogP contribution in [0.4, 0.5) is 4.39 Å². The van der Waals surface area contributed by atoms with Crippen LogP contribution in [0.5, 0.6) is 0 Å². The lowest BCUT2D eigenvalue weighted by atomic mass is 10.2. The number of sulfonamides is 1. The van der Waals surface area contributed by atoms with Crippen molar-refractivity contribution < 1.29 is 17.6 Å². The highest BCUT2D eigenvalue weighted by molar-refractivity contribution is 7.89. The van der Waals surface area contributed by atoms with Gasteiger partial charge in [-0.25, -0.2) is 12.8 Å². The fraction of sp³-hybridized carbons (Fsp3) is 0.235. The minimum Gasteiger partial charge on any atom is -0.336 e. The number of nitrogens with zero attached hydrogens (tertiary/aromatic N) is 2. The fourth-order valence-corrected chi connectivity index (χ4v) is 4.92. The summed E-state index contributed by atoms with van der Waals surface area (Å²) in [5, 5.41) is 0.185. The number of carbonyl (C=O) groups excluding carboxylic acids is 1. The molecule has 2 aromatic rings. The van der Waals surface area contributed by atoms with Gasteiger partial charge in [-0.05, 0) is 30.3 Å². The van der Waals surface area contributed by atoms with Crippen LogP contribution in [-0.2, 0) is 10.0 Å². The van der Waals surface area contributed by atoms with E-state index in [2.05, 4.69) is 0 Å². The zero-order chi connectivity index (χ0) is 18.9. The molecular weight excluding hydrogens is 402 g/mol. The van der Waals surface area contributed by atoms with Crippen molar-refractivity contribution in [2.24, 2.45) is 0 Å². The monoisotopic (exact) mass is 416 g/mol. The van der Waals surface area contributed by atoms with Gasteiger partial charge in [0, 0.05) is 26.2 Å². The summed E-state index contributed by atoms with van der Waals surface area (Å²) in [4.78, 5) is 14.1. The Morgan fingerprint density at radius 1 is 0.962 bits per heavy atom. The molecule has 0 spiro atoms. The molecule has 0 radical (unpaired) electrons. The van der Waals surface area contributed by atoms with Gasteiger partial charge >= 0.3 is 0 Å². The van der Waals surface area contributed by atoms with Crippen LogP contribution in [0, 0.1) is 5.82 Å².